The Bertz CT molecular complexity index is 909. The minimum atomic E-state index is -0.311. The topological polar surface area (TPSA) is 77.8 Å². The molecule has 0 bridgehead atoms. The van der Waals surface area contributed by atoms with E-state index in [2.05, 4.69) is 27.0 Å². The molecule has 0 spiro atoms. The Morgan fingerprint density at radius 1 is 1.20 bits per heavy atom. The Hall–Kier alpha value is -3.04. The average molecular weight is 336 g/mol. The van der Waals surface area contributed by atoms with Gasteiger partial charge >= 0.3 is 0 Å². The molecule has 3 aromatic rings. The largest absolute Gasteiger partial charge is 0.337 e. The molecule has 2 N–H and O–H groups in total. The van der Waals surface area contributed by atoms with E-state index in [-0.39, 0.29) is 11.9 Å². The quantitative estimate of drug-likeness (QED) is 0.738. The van der Waals surface area contributed by atoms with E-state index in [0.29, 0.717) is 28.5 Å². The van der Waals surface area contributed by atoms with Crippen molar-refractivity contribution >= 4 is 0 Å². The van der Waals surface area contributed by atoms with Gasteiger partial charge in [0.15, 0.2) is 0 Å². The molecular weight excluding hydrogens is 319 g/mol. The molecule has 0 aliphatic carbocycles. The van der Waals surface area contributed by atoms with Gasteiger partial charge in [0.2, 0.25) is 11.7 Å². The molecule has 25 heavy (non-hydrogen) atoms. The lowest BCUT2D eigenvalue weighted by atomic mass is 10.2. The predicted molar refractivity (Wildman–Crippen MR) is 91.7 cm³/mol. The van der Waals surface area contributed by atoms with Gasteiger partial charge in [-0.3, -0.25) is 4.98 Å². The summed E-state index contributed by atoms with van der Waals surface area (Å²) in [6.07, 6.45) is 3.34. The average Bonchev–Trinajstić information content (AvgIpc) is 3.11. The molecule has 1 atom stereocenters. The van der Waals surface area contributed by atoms with Gasteiger partial charge < -0.3 is 10.3 Å². The van der Waals surface area contributed by atoms with Crippen molar-refractivity contribution in [1.82, 2.24) is 15.1 Å². The van der Waals surface area contributed by atoms with Crippen molar-refractivity contribution in [2.45, 2.75) is 25.8 Å². The zero-order valence-corrected chi connectivity index (χ0v) is 13.7. The molecule has 0 radical (unpaired) electrons. The molecule has 1 unspecified atom stereocenters. The van der Waals surface area contributed by atoms with Crippen LogP contribution < -0.4 is 5.73 Å². The first-order chi connectivity index (χ1) is 12.2. The molecule has 3 rings (SSSR count). The summed E-state index contributed by atoms with van der Waals surface area (Å²) < 4.78 is 18.3. The molecule has 0 fully saturated rings. The van der Waals surface area contributed by atoms with Crippen molar-refractivity contribution < 1.29 is 8.91 Å². The first-order valence-corrected chi connectivity index (χ1v) is 7.99. The van der Waals surface area contributed by atoms with Gasteiger partial charge in [-0.25, -0.2) is 4.39 Å². The van der Waals surface area contributed by atoms with E-state index in [1.165, 1.54) is 12.1 Å². The molecule has 0 saturated carbocycles. The number of hydrogen-bond donors (Lipinski definition) is 1. The lowest BCUT2D eigenvalue weighted by Crippen LogP contribution is -2.09. The highest BCUT2D eigenvalue weighted by molar-refractivity contribution is 5.50. The Balaban J connectivity index is 1.75. The van der Waals surface area contributed by atoms with E-state index in [1.807, 2.05) is 6.92 Å². The first kappa shape index (κ1) is 16.8. The van der Waals surface area contributed by atoms with Gasteiger partial charge in [-0.15, -0.1) is 0 Å². The Morgan fingerprint density at radius 3 is 2.76 bits per heavy atom. The molecule has 6 heteroatoms. The molecule has 126 valence electrons. The van der Waals surface area contributed by atoms with Gasteiger partial charge in [0.05, 0.1) is 6.04 Å². The fourth-order valence-electron chi connectivity index (χ4n) is 2.23. The second-order valence-electron chi connectivity index (χ2n) is 5.54. The number of pyridine rings is 1. The number of hydrogen-bond acceptors (Lipinski definition) is 5. The van der Waals surface area contributed by atoms with E-state index in [1.54, 1.807) is 30.5 Å². The van der Waals surface area contributed by atoms with Crippen molar-refractivity contribution in [3.05, 3.63) is 65.4 Å². The summed E-state index contributed by atoms with van der Waals surface area (Å²) >= 11 is 0. The highest BCUT2D eigenvalue weighted by atomic mass is 19.1. The van der Waals surface area contributed by atoms with Gasteiger partial charge in [0.25, 0.3) is 0 Å². The van der Waals surface area contributed by atoms with E-state index >= 15 is 0 Å². The summed E-state index contributed by atoms with van der Waals surface area (Å²) in [5.74, 6) is 6.34. The number of halogens is 1. The molecular formula is C19H17FN4O. The number of nitrogens with zero attached hydrogens (tertiary/aromatic N) is 3. The lowest BCUT2D eigenvalue weighted by Gasteiger charge is -2.02. The summed E-state index contributed by atoms with van der Waals surface area (Å²) in [6, 6.07) is 9.44. The SMILES string of the molecule is CCCC(N)c1nc(-c2ccc(C#Cc3cccc(F)c3)cn2)no1. The van der Waals surface area contributed by atoms with Crippen LogP contribution >= 0.6 is 0 Å². The predicted octanol–water partition coefficient (Wildman–Crippen LogP) is 3.47. The van der Waals surface area contributed by atoms with Gasteiger partial charge in [-0.05, 0) is 36.8 Å². The van der Waals surface area contributed by atoms with Gasteiger partial charge in [-0.2, -0.15) is 4.98 Å². The molecule has 2 heterocycles. The van der Waals surface area contributed by atoms with Crippen LogP contribution in [0.15, 0.2) is 47.1 Å². The van der Waals surface area contributed by atoms with Crippen LogP contribution in [-0.2, 0) is 0 Å². The van der Waals surface area contributed by atoms with Crippen molar-refractivity contribution in [3.63, 3.8) is 0 Å². The summed E-state index contributed by atoms with van der Waals surface area (Å²) in [7, 11) is 0. The molecule has 0 amide bonds. The van der Waals surface area contributed by atoms with Crippen molar-refractivity contribution in [2.75, 3.05) is 0 Å². The Kier molecular flexibility index (Phi) is 5.17. The third-order valence-electron chi connectivity index (χ3n) is 3.53. The van der Waals surface area contributed by atoms with E-state index < -0.39 is 0 Å². The fourth-order valence-corrected chi connectivity index (χ4v) is 2.23. The Morgan fingerprint density at radius 2 is 2.04 bits per heavy atom. The summed E-state index contributed by atoms with van der Waals surface area (Å²) in [5.41, 5.74) is 7.86. The van der Waals surface area contributed by atoms with Crippen LogP contribution in [0.5, 0.6) is 0 Å². The minimum absolute atomic E-state index is 0.261. The molecule has 1 aromatic carbocycles. The third kappa shape index (κ3) is 4.28. The second kappa shape index (κ2) is 7.69. The van der Waals surface area contributed by atoms with Crippen molar-refractivity contribution in [3.8, 4) is 23.4 Å². The number of benzene rings is 1. The maximum Gasteiger partial charge on any atom is 0.243 e. The zero-order chi connectivity index (χ0) is 17.6. The van der Waals surface area contributed by atoms with Gasteiger partial charge in [0, 0.05) is 17.3 Å². The van der Waals surface area contributed by atoms with Crippen LogP contribution in [0.2, 0.25) is 0 Å². The molecule has 0 saturated heterocycles. The molecule has 5 nitrogen and oxygen atoms in total. The highest BCUT2D eigenvalue weighted by Crippen LogP contribution is 2.18. The smallest absolute Gasteiger partial charge is 0.243 e. The first-order valence-electron chi connectivity index (χ1n) is 7.99. The third-order valence-corrected chi connectivity index (χ3v) is 3.53. The number of rotatable bonds is 4. The van der Waals surface area contributed by atoms with Gasteiger partial charge in [0.1, 0.15) is 11.5 Å². The standard InChI is InChI=1S/C19H17FN4O/c1-2-4-16(21)19-23-18(24-25-19)17-10-9-14(12-22-17)8-7-13-5-3-6-15(20)11-13/h3,5-6,9-12,16H,2,4,21H2,1H3. The maximum atomic E-state index is 13.1. The molecule has 0 aliphatic heterocycles. The van der Waals surface area contributed by atoms with Crippen LogP contribution in [-0.4, -0.2) is 15.1 Å². The number of nitrogens with two attached hydrogens (primary N) is 1. The Labute approximate surface area is 145 Å². The normalized spacial score (nSPS) is 11.6. The number of aromatic nitrogens is 3. The van der Waals surface area contributed by atoms with Crippen molar-refractivity contribution in [1.29, 1.82) is 0 Å². The van der Waals surface area contributed by atoms with Gasteiger partial charge in [-0.1, -0.05) is 36.4 Å². The van der Waals surface area contributed by atoms with Crippen LogP contribution in [0.3, 0.4) is 0 Å². The monoisotopic (exact) mass is 336 g/mol. The van der Waals surface area contributed by atoms with Crippen LogP contribution in [0.1, 0.15) is 42.8 Å². The van der Waals surface area contributed by atoms with E-state index in [4.69, 9.17) is 10.3 Å². The molecule has 0 aliphatic rings. The summed E-state index contributed by atoms with van der Waals surface area (Å²) in [6.45, 7) is 2.04. The molecule has 2 aromatic heterocycles. The van der Waals surface area contributed by atoms with Crippen LogP contribution in [0, 0.1) is 17.7 Å². The minimum Gasteiger partial charge on any atom is -0.337 e. The van der Waals surface area contributed by atoms with E-state index in [9.17, 15) is 4.39 Å². The summed E-state index contributed by atoms with van der Waals surface area (Å²) in [4.78, 5) is 8.58. The van der Waals surface area contributed by atoms with Crippen LogP contribution in [0.25, 0.3) is 11.5 Å². The highest BCUT2D eigenvalue weighted by Gasteiger charge is 2.15. The van der Waals surface area contributed by atoms with Crippen molar-refractivity contribution in [2.24, 2.45) is 5.73 Å². The maximum absolute atomic E-state index is 13.1. The zero-order valence-electron chi connectivity index (χ0n) is 13.7. The van der Waals surface area contributed by atoms with E-state index in [0.717, 1.165) is 12.8 Å². The van der Waals surface area contributed by atoms with Crippen LogP contribution in [0.4, 0.5) is 4.39 Å². The lowest BCUT2D eigenvalue weighted by molar-refractivity contribution is 0.348. The summed E-state index contributed by atoms with van der Waals surface area (Å²) in [5, 5.41) is 3.92. The second-order valence-corrected chi connectivity index (χ2v) is 5.54. The fraction of sp³-hybridized carbons (Fsp3) is 0.211.